The zero-order chi connectivity index (χ0) is 20.5. The molecule has 0 radical (unpaired) electrons. The summed E-state index contributed by atoms with van der Waals surface area (Å²) in [6, 6.07) is 9.08. The molecule has 0 spiro atoms. The van der Waals surface area contributed by atoms with E-state index in [9.17, 15) is 9.59 Å². The van der Waals surface area contributed by atoms with Gasteiger partial charge in [0.25, 0.3) is 5.56 Å². The molecule has 1 aromatic carbocycles. The maximum absolute atomic E-state index is 12.9. The van der Waals surface area contributed by atoms with Gasteiger partial charge >= 0.3 is 5.97 Å². The van der Waals surface area contributed by atoms with Crippen LogP contribution in [0.1, 0.15) is 46.2 Å². The van der Waals surface area contributed by atoms with E-state index >= 15 is 0 Å². The molecule has 0 atom stereocenters. The second-order valence-electron chi connectivity index (χ2n) is 6.63. The van der Waals surface area contributed by atoms with Gasteiger partial charge in [-0.2, -0.15) is 9.61 Å². The third-order valence-corrected chi connectivity index (χ3v) is 5.81. The molecule has 0 saturated carbocycles. The van der Waals surface area contributed by atoms with Crippen LogP contribution in [0.5, 0.6) is 0 Å². The van der Waals surface area contributed by atoms with Crippen LogP contribution in [0, 0.1) is 6.92 Å². The van der Waals surface area contributed by atoms with Crippen LogP contribution in [0.15, 0.2) is 35.1 Å². The largest absolute Gasteiger partial charge is 0.456 e. The molecular weight excluding hydrogens is 388 g/mol. The van der Waals surface area contributed by atoms with Crippen molar-refractivity contribution in [2.75, 3.05) is 0 Å². The fourth-order valence-corrected chi connectivity index (χ4v) is 4.15. The lowest BCUT2D eigenvalue weighted by Crippen LogP contribution is -2.17. The number of hydrogen-bond acceptors (Lipinski definition) is 7. The van der Waals surface area contributed by atoms with Gasteiger partial charge in [-0.05, 0) is 31.4 Å². The molecule has 29 heavy (non-hydrogen) atoms. The van der Waals surface area contributed by atoms with Gasteiger partial charge in [-0.25, -0.2) is 9.78 Å². The Hall–Kier alpha value is -3.13. The van der Waals surface area contributed by atoms with Crippen molar-refractivity contribution >= 4 is 33.2 Å². The van der Waals surface area contributed by atoms with E-state index in [1.54, 1.807) is 0 Å². The third kappa shape index (κ3) is 3.51. The number of ether oxygens (including phenoxy) is 1. The summed E-state index contributed by atoms with van der Waals surface area (Å²) in [4.78, 5) is 34.7. The van der Waals surface area contributed by atoms with Crippen molar-refractivity contribution in [1.82, 2.24) is 19.6 Å². The number of aromatic nitrogens is 4. The Balaban J connectivity index is 1.64. The number of carbonyl (C=O) groups is 1. The minimum Gasteiger partial charge on any atom is -0.456 e. The lowest BCUT2D eigenvalue weighted by Gasteiger charge is -2.13. The number of esters is 1. The minimum absolute atomic E-state index is 0.0840. The zero-order valence-corrected chi connectivity index (χ0v) is 17.2. The Morgan fingerprint density at radius 3 is 2.72 bits per heavy atom. The van der Waals surface area contributed by atoms with E-state index in [1.165, 1.54) is 21.9 Å². The highest BCUT2D eigenvalue weighted by Gasteiger charge is 2.19. The zero-order valence-electron chi connectivity index (χ0n) is 16.4. The van der Waals surface area contributed by atoms with Crippen molar-refractivity contribution in [3.63, 3.8) is 0 Å². The molecule has 0 saturated heterocycles. The Morgan fingerprint density at radius 2 is 1.97 bits per heavy atom. The van der Waals surface area contributed by atoms with Gasteiger partial charge in [-0.15, -0.1) is 0 Å². The van der Waals surface area contributed by atoms with Crippen LogP contribution >= 0.6 is 11.3 Å². The van der Waals surface area contributed by atoms with Crippen LogP contribution in [-0.2, 0) is 24.2 Å². The Kier molecular flexibility index (Phi) is 5.10. The summed E-state index contributed by atoms with van der Waals surface area (Å²) in [5, 5.41) is 5.97. The smallest absolute Gasteiger partial charge is 0.340 e. The highest BCUT2D eigenvalue weighted by atomic mass is 32.1. The number of hydrogen-bond donors (Lipinski definition) is 0. The summed E-state index contributed by atoms with van der Waals surface area (Å²) in [5.74, 6) is -0.460. The number of para-hydroxylation sites is 1. The number of rotatable bonds is 5. The molecule has 0 unspecified atom stereocenters. The summed E-state index contributed by atoms with van der Waals surface area (Å²) in [6.07, 6.45) is 1.34. The Morgan fingerprint density at radius 1 is 1.17 bits per heavy atom. The van der Waals surface area contributed by atoms with Crippen LogP contribution < -0.4 is 5.56 Å². The maximum atomic E-state index is 12.9. The van der Waals surface area contributed by atoms with Crippen molar-refractivity contribution in [1.29, 1.82) is 0 Å². The SMILES string of the molecule is CCc1nn2c(=O)cc(COC(=O)c3c(CC)nc4ccccc4c3C)nc2s1. The monoisotopic (exact) mass is 408 g/mol. The minimum atomic E-state index is -0.460. The predicted octanol–water partition coefficient (Wildman–Crippen LogP) is 3.49. The van der Waals surface area contributed by atoms with Crippen molar-refractivity contribution in [3.05, 3.63) is 68.2 Å². The van der Waals surface area contributed by atoms with Gasteiger partial charge in [-0.1, -0.05) is 43.4 Å². The molecule has 8 heteroatoms. The average molecular weight is 408 g/mol. The van der Waals surface area contributed by atoms with Gasteiger partial charge in [0.15, 0.2) is 0 Å². The number of pyridine rings is 1. The second kappa shape index (κ2) is 7.71. The second-order valence-corrected chi connectivity index (χ2v) is 7.68. The third-order valence-electron chi connectivity index (χ3n) is 4.76. The first-order valence-electron chi connectivity index (χ1n) is 9.45. The van der Waals surface area contributed by atoms with E-state index in [1.807, 2.05) is 45.0 Å². The first kappa shape index (κ1) is 19.2. The molecule has 0 aliphatic carbocycles. The number of aryl methyl sites for hydroxylation is 3. The molecular formula is C21H20N4O3S. The van der Waals surface area contributed by atoms with Crippen molar-refractivity contribution < 1.29 is 9.53 Å². The first-order chi connectivity index (χ1) is 14.0. The predicted molar refractivity (Wildman–Crippen MR) is 111 cm³/mol. The molecule has 0 aliphatic rings. The normalized spacial score (nSPS) is 11.3. The van der Waals surface area contributed by atoms with E-state index in [2.05, 4.69) is 15.1 Å². The molecule has 0 aliphatic heterocycles. The van der Waals surface area contributed by atoms with Crippen molar-refractivity contribution in [2.24, 2.45) is 0 Å². The molecule has 7 nitrogen and oxygen atoms in total. The van der Waals surface area contributed by atoms with Gasteiger partial charge < -0.3 is 4.74 Å². The van der Waals surface area contributed by atoms with Gasteiger partial charge in [-0.3, -0.25) is 9.78 Å². The Bertz CT molecular complexity index is 1290. The molecule has 0 bridgehead atoms. The van der Waals surface area contributed by atoms with E-state index in [-0.39, 0.29) is 12.2 Å². The van der Waals surface area contributed by atoms with Gasteiger partial charge in [0.2, 0.25) is 4.96 Å². The molecule has 3 heterocycles. The number of nitrogens with zero attached hydrogens (tertiary/aromatic N) is 4. The Labute approximate surface area is 171 Å². The van der Waals surface area contributed by atoms with E-state index in [4.69, 9.17) is 4.74 Å². The summed E-state index contributed by atoms with van der Waals surface area (Å²) >= 11 is 1.36. The summed E-state index contributed by atoms with van der Waals surface area (Å²) in [5.41, 5.74) is 3.00. The van der Waals surface area contributed by atoms with Gasteiger partial charge in [0, 0.05) is 11.5 Å². The lowest BCUT2D eigenvalue weighted by atomic mass is 10.0. The topological polar surface area (TPSA) is 86.5 Å². The maximum Gasteiger partial charge on any atom is 0.340 e. The molecule has 148 valence electrons. The van der Waals surface area contributed by atoms with Crippen LogP contribution in [0.25, 0.3) is 15.9 Å². The number of carbonyl (C=O) groups excluding carboxylic acids is 1. The molecule has 4 rings (SSSR count). The van der Waals surface area contributed by atoms with Crippen molar-refractivity contribution in [2.45, 2.75) is 40.2 Å². The number of fused-ring (bicyclic) bond motifs is 2. The molecule has 3 aromatic heterocycles. The van der Waals surface area contributed by atoms with Gasteiger partial charge in [0.05, 0.1) is 22.5 Å². The summed E-state index contributed by atoms with van der Waals surface area (Å²) in [7, 11) is 0. The lowest BCUT2D eigenvalue weighted by molar-refractivity contribution is 0.0465. The van der Waals surface area contributed by atoms with E-state index < -0.39 is 5.97 Å². The van der Waals surface area contributed by atoms with Crippen molar-refractivity contribution in [3.8, 4) is 0 Å². The molecule has 0 N–H and O–H groups in total. The summed E-state index contributed by atoms with van der Waals surface area (Å²) in [6.45, 7) is 5.74. The van der Waals surface area contributed by atoms with Crippen LogP contribution in [0.2, 0.25) is 0 Å². The molecule has 0 amide bonds. The molecule has 4 aromatic rings. The van der Waals surface area contributed by atoms with E-state index in [0.717, 1.165) is 27.9 Å². The van der Waals surface area contributed by atoms with Crippen LogP contribution in [0.3, 0.4) is 0 Å². The van der Waals surface area contributed by atoms with Crippen LogP contribution in [-0.4, -0.2) is 25.6 Å². The summed E-state index contributed by atoms with van der Waals surface area (Å²) < 4.78 is 6.80. The average Bonchev–Trinajstić information content (AvgIpc) is 3.16. The quantitative estimate of drug-likeness (QED) is 0.470. The fourth-order valence-electron chi connectivity index (χ4n) is 3.29. The standard InChI is InChI=1S/C21H20N4O3S/c1-4-15-19(12(3)14-8-6-7-9-16(14)23-15)20(27)28-11-13-10-18(26)25-21(22-13)29-17(5-2)24-25/h6-10H,4-5,11H2,1-3H3. The first-order valence-corrected chi connectivity index (χ1v) is 10.3. The highest BCUT2D eigenvalue weighted by molar-refractivity contribution is 7.16. The molecule has 0 fully saturated rings. The fraction of sp³-hybridized carbons (Fsp3) is 0.286. The van der Waals surface area contributed by atoms with Crippen LogP contribution in [0.4, 0.5) is 0 Å². The van der Waals surface area contributed by atoms with Gasteiger partial charge in [0.1, 0.15) is 11.6 Å². The van der Waals surface area contributed by atoms with E-state index in [0.29, 0.717) is 28.3 Å². The number of benzene rings is 1. The highest BCUT2D eigenvalue weighted by Crippen LogP contribution is 2.24.